The number of quaternary nitrogens is 1. The van der Waals surface area contributed by atoms with E-state index in [2.05, 4.69) is 5.32 Å². The third-order valence-corrected chi connectivity index (χ3v) is 3.73. The maximum Gasteiger partial charge on any atom is 0.411 e. The minimum atomic E-state index is -2.07. The summed E-state index contributed by atoms with van der Waals surface area (Å²) in [6.45, 7) is 4.22. The quantitative estimate of drug-likeness (QED) is 0.543. The predicted octanol–water partition coefficient (Wildman–Crippen LogP) is -1.12. The van der Waals surface area contributed by atoms with Gasteiger partial charge in [-0.2, -0.15) is 0 Å². The number of carboxylic acid groups (broad SMARTS) is 2. The Bertz CT molecular complexity index is 589. The summed E-state index contributed by atoms with van der Waals surface area (Å²) in [7, 11) is 1.63. The average Bonchev–Trinajstić information content (AvgIpc) is 3.11. The van der Waals surface area contributed by atoms with E-state index in [0.29, 0.717) is 13.2 Å². The number of ether oxygens (including phenoxy) is 2. The lowest BCUT2D eigenvalue weighted by Gasteiger charge is -2.13. The highest BCUT2D eigenvalue weighted by molar-refractivity contribution is 6.26. The third-order valence-electron chi connectivity index (χ3n) is 3.73. The molecule has 0 spiro atoms. The van der Waals surface area contributed by atoms with Gasteiger partial charge in [-0.3, -0.25) is 5.32 Å². The topological polar surface area (TPSA) is 129 Å². The first-order valence-electron chi connectivity index (χ1n) is 8.22. The summed E-state index contributed by atoms with van der Waals surface area (Å²) in [4.78, 5) is 31.3. The zero-order valence-corrected chi connectivity index (χ0v) is 14.7. The Morgan fingerprint density at radius 3 is 2.42 bits per heavy atom. The van der Waals surface area contributed by atoms with Crippen molar-refractivity contribution < 1.29 is 39.0 Å². The second-order valence-electron chi connectivity index (χ2n) is 5.65. The summed E-state index contributed by atoms with van der Waals surface area (Å²) in [6, 6.07) is 7.57. The van der Waals surface area contributed by atoms with E-state index in [0.717, 1.165) is 17.8 Å². The van der Waals surface area contributed by atoms with Crippen LogP contribution in [0.2, 0.25) is 0 Å². The Morgan fingerprint density at radius 1 is 1.23 bits per heavy atom. The normalized spacial score (nSPS) is 13.4. The van der Waals surface area contributed by atoms with Crippen LogP contribution in [0.25, 0.3) is 0 Å². The van der Waals surface area contributed by atoms with Crippen molar-refractivity contribution in [1.82, 2.24) is 0 Å². The number of carboxylic acids is 2. The van der Waals surface area contributed by atoms with Gasteiger partial charge in [-0.05, 0) is 6.07 Å². The molecule has 1 heterocycles. The summed E-state index contributed by atoms with van der Waals surface area (Å²) >= 11 is 0. The number of methoxy groups -OCH3 is 1. The van der Waals surface area contributed by atoms with Crippen molar-refractivity contribution in [3.8, 4) is 0 Å². The SMILES string of the molecule is COCc1ccccc1NC(=O)OCC[NH+]1CCCC1.O=C([O-])C(=O)O. The molecule has 9 heteroatoms. The molecule has 1 saturated heterocycles. The number of nitrogens with one attached hydrogen (secondary N) is 2. The average molecular weight is 368 g/mol. The van der Waals surface area contributed by atoms with Crippen LogP contribution in [0.5, 0.6) is 0 Å². The van der Waals surface area contributed by atoms with Crippen LogP contribution in [-0.2, 0) is 25.7 Å². The molecular weight excluding hydrogens is 344 g/mol. The molecule has 0 aromatic heterocycles. The zero-order chi connectivity index (χ0) is 19.4. The number of amides is 1. The van der Waals surface area contributed by atoms with E-state index in [9.17, 15) is 4.79 Å². The van der Waals surface area contributed by atoms with Crippen LogP contribution in [0.15, 0.2) is 24.3 Å². The van der Waals surface area contributed by atoms with Crippen LogP contribution in [0.3, 0.4) is 0 Å². The fourth-order valence-corrected chi connectivity index (χ4v) is 2.48. The van der Waals surface area contributed by atoms with Crippen molar-refractivity contribution in [2.24, 2.45) is 0 Å². The summed E-state index contributed by atoms with van der Waals surface area (Å²) in [5, 5.41) is 19.1. The van der Waals surface area contributed by atoms with Gasteiger partial charge in [0.05, 0.1) is 19.7 Å². The molecule has 1 aliphatic heterocycles. The van der Waals surface area contributed by atoms with E-state index in [1.807, 2.05) is 24.3 Å². The molecule has 3 N–H and O–H groups in total. The van der Waals surface area contributed by atoms with Crippen LogP contribution in [-0.4, -0.2) is 56.5 Å². The molecule has 1 aromatic carbocycles. The number of aliphatic carboxylic acids is 2. The van der Waals surface area contributed by atoms with Crippen molar-refractivity contribution >= 4 is 23.7 Å². The number of benzene rings is 1. The highest BCUT2D eigenvalue weighted by Crippen LogP contribution is 2.15. The van der Waals surface area contributed by atoms with E-state index in [-0.39, 0.29) is 0 Å². The number of anilines is 1. The fourth-order valence-electron chi connectivity index (χ4n) is 2.48. The van der Waals surface area contributed by atoms with Crippen molar-refractivity contribution in [1.29, 1.82) is 0 Å². The maximum absolute atomic E-state index is 11.8. The molecule has 1 aromatic rings. The number of hydrogen-bond donors (Lipinski definition) is 3. The van der Waals surface area contributed by atoms with E-state index in [1.54, 1.807) is 7.11 Å². The van der Waals surface area contributed by atoms with Crippen LogP contribution >= 0.6 is 0 Å². The minimum Gasteiger partial charge on any atom is -0.539 e. The molecule has 2 rings (SSSR count). The van der Waals surface area contributed by atoms with Gasteiger partial charge >= 0.3 is 12.1 Å². The second-order valence-corrected chi connectivity index (χ2v) is 5.65. The van der Waals surface area contributed by atoms with Crippen molar-refractivity contribution in [3.05, 3.63) is 29.8 Å². The molecule has 26 heavy (non-hydrogen) atoms. The van der Waals surface area contributed by atoms with Crippen LogP contribution < -0.4 is 15.3 Å². The van der Waals surface area contributed by atoms with Gasteiger partial charge in [-0.15, -0.1) is 0 Å². The van der Waals surface area contributed by atoms with Crippen molar-refractivity contribution in [3.63, 3.8) is 0 Å². The molecule has 1 amide bonds. The van der Waals surface area contributed by atoms with Gasteiger partial charge in [0.15, 0.2) is 5.97 Å². The number of carbonyl (C=O) groups excluding carboxylic acids is 2. The standard InChI is InChI=1S/C15H22N2O3.C2H2O4/c1-19-12-13-6-2-3-7-14(13)16-15(18)20-11-10-17-8-4-5-9-17;3-1(4)2(5)6/h2-3,6-7H,4-5,8-12H2,1H3,(H,16,18);(H,3,4)(H,5,6). The summed E-state index contributed by atoms with van der Waals surface area (Å²) < 4.78 is 10.3. The Labute approximate surface area is 151 Å². The smallest absolute Gasteiger partial charge is 0.411 e. The van der Waals surface area contributed by atoms with Gasteiger partial charge in [-0.25, -0.2) is 9.59 Å². The first-order valence-corrected chi connectivity index (χ1v) is 8.22. The predicted molar refractivity (Wildman–Crippen MR) is 89.6 cm³/mol. The summed E-state index contributed by atoms with van der Waals surface area (Å²) in [5.74, 6) is -4.01. The third kappa shape index (κ3) is 8.45. The van der Waals surface area contributed by atoms with Crippen molar-refractivity contribution in [2.45, 2.75) is 19.4 Å². The lowest BCUT2D eigenvalue weighted by molar-refractivity contribution is -0.887. The number of para-hydroxylation sites is 1. The largest absolute Gasteiger partial charge is 0.539 e. The molecule has 144 valence electrons. The molecule has 0 saturated carbocycles. The van der Waals surface area contributed by atoms with Crippen molar-refractivity contribution in [2.75, 3.05) is 38.7 Å². The zero-order valence-electron chi connectivity index (χ0n) is 14.7. The highest BCUT2D eigenvalue weighted by atomic mass is 16.5. The van der Waals surface area contributed by atoms with Crippen LogP contribution in [0, 0.1) is 0 Å². The minimum absolute atomic E-state index is 0.396. The number of rotatable bonds is 6. The second kappa shape index (κ2) is 11.8. The summed E-state index contributed by atoms with van der Waals surface area (Å²) in [5.41, 5.74) is 1.69. The van der Waals surface area contributed by atoms with Gasteiger partial charge in [0.25, 0.3) is 0 Å². The Balaban J connectivity index is 0.000000487. The Kier molecular flexibility index (Phi) is 9.73. The van der Waals surface area contributed by atoms with Gasteiger partial charge in [-0.1, -0.05) is 18.2 Å². The number of hydrogen-bond acceptors (Lipinski definition) is 6. The fraction of sp³-hybridized carbons (Fsp3) is 0.471. The lowest BCUT2D eigenvalue weighted by atomic mass is 10.2. The monoisotopic (exact) mass is 368 g/mol. The molecule has 9 nitrogen and oxygen atoms in total. The van der Waals surface area contributed by atoms with Gasteiger partial charge in [0, 0.05) is 31.2 Å². The van der Waals surface area contributed by atoms with Gasteiger partial charge < -0.3 is 29.4 Å². The maximum atomic E-state index is 11.8. The molecular formula is C17H24N2O7. The molecule has 1 fully saturated rings. The first kappa shape index (κ1) is 21.4. The molecule has 0 aliphatic carbocycles. The van der Waals surface area contributed by atoms with E-state index in [4.69, 9.17) is 29.3 Å². The van der Waals surface area contributed by atoms with Gasteiger partial charge in [0.1, 0.15) is 13.2 Å². The van der Waals surface area contributed by atoms with E-state index in [1.165, 1.54) is 30.8 Å². The van der Waals surface area contributed by atoms with Crippen LogP contribution in [0.1, 0.15) is 18.4 Å². The van der Waals surface area contributed by atoms with Gasteiger partial charge in [0.2, 0.25) is 0 Å². The van der Waals surface area contributed by atoms with E-state index < -0.39 is 18.0 Å². The Morgan fingerprint density at radius 2 is 1.85 bits per heavy atom. The lowest BCUT2D eigenvalue weighted by Crippen LogP contribution is -3.10. The molecule has 1 aliphatic rings. The van der Waals surface area contributed by atoms with E-state index >= 15 is 0 Å². The number of likely N-dealkylation sites (tertiary alicyclic amines) is 1. The first-order chi connectivity index (χ1) is 12.4. The molecule has 0 radical (unpaired) electrons. The summed E-state index contributed by atoms with van der Waals surface area (Å²) in [6.07, 6.45) is 2.17. The molecule has 0 bridgehead atoms. The molecule has 0 atom stereocenters. The molecule has 0 unspecified atom stereocenters. The number of carbonyl (C=O) groups is 3. The highest BCUT2D eigenvalue weighted by Gasteiger charge is 2.15. The Hall–Kier alpha value is -2.65. The van der Waals surface area contributed by atoms with Crippen LogP contribution in [0.4, 0.5) is 10.5 Å².